The van der Waals surface area contributed by atoms with E-state index in [9.17, 15) is 18.0 Å². The second-order valence-corrected chi connectivity index (χ2v) is 12.2. The average Bonchev–Trinajstić information content (AvgIpc) is 3.00. The van der Waals surface area contributed by atoms with Gasteiger partial charge in [0.2, 0.25) is 11.8 Å². The topological polar surface area (TPSA) is 86.8 Å². The Bertz CT molecular complexity index is 1600. The van der Waals surface area contributed by atoms with Crippen LogP contribution in [0.3, 0.4) is 0 Å². The number of benzene rings is 4. The van der Waals surface area contributed by atoms with Gasteiger partial charge in [-0.15, -0.1) is 0 Å². The number of nitrogens with one attached hydrogen (secondary N) is 1. The van der Waals surface area contributed by atoms with Gasteiger partial charge in [-0.2, -0.15) is 0 Å². The van der Waals surface area contributed by atoms with Crippen molar-refractivity contribution in [1.29, 1.82) is 0 Å². The Kier molecular flexibility index (Phi) is 10.4. The first-order chi connectivity index (χ1) is 20.2. The summed E-state index contributed by atoms with van der Waals surface area (Å²) >= 11 is 6.11. The van der Waals surface area contributed by atoms with Crippen molar-refractivity contribution in [1.82, 2.24) is 10.2 Å². The number of anilines is 1. The number of nitrogens with zero attached hydrogens (tertiary/aromatic N) is 2. The van der Waals surface area contributed by atoms with E-state index in [0.717, 1.165) is 15.4 Å². The maximum atomic E-state index is 14.3. The molecule has 9 heteroatoms. The lowest BCUT2D eigenvalue weighted by atomic mass is 10.0. The number of carbonyl (C=O) groups excluding carboxylic acids is 2. The van der Waals surface area contributed by atoms with Crippen molar-refractivity contribution in [2.24, 2.45) is 0 Å². The number of carbonyl (C=O) groups is 2. The first-order valence-electron chi connectivity index (χ1n) is 13.7. The molecule has 4 rings (SSSR count). The molecule has 42 heavy (non-hydrogen) atoms. The zero-order chi connectivity index (χ0) is 30.1. The molecule has 0 aliphatic carbocycles. The fourth-order valence-electron chi connectivity index (χ4n) is 4.71. The van der Waals surface area contributed by atoms with Crippen LogP contribution in [0.25, 0.3) is 0 Å². The van der Waals surface area contributed by atoms with Gasteiger partial charge in [0, 0.05) is 24.5 Å². The van der Waals surface area contributed by atoms with E-state index < -0.39 is 28.5 Å². The molecular weight excluding hydrogens is 570 g/mol. The Balaban J connectivity index is 1.79. The van der Waals surface area contributed by atoms with Gasteiger partial charge in [-0.3, -0.25) is 13.9 Å². The molecule has 4 aromatic rings. The number of rotatable bonds is 12. The minimum atomic E-state index is -4.13. The van der Waals surface area contributed by atoms with E-state index in [4.69, 9.17) is 11.6 Å². The fourth-order valence-corrected chi connectivity index (χ4v) is 6.33. The Hall–Kier alpha value is -4.14. The van der Waals surface area contributed by atoms with Crippen LogP contribution in [0.15, 0.2) is 114 Å². The number of para-hydroxylation sites is 1. The Morgan fingerprint density at radius 2 is 1.40 bits per heavy atom. The molecule has 0 bridgehead atoms. The van der Waals surface area contributed by atoms with Crippen molar-refractivity contribution in [3.05, 3.63) is 131 Å². The number of hydrogen-bond acceptors (Lipinski definition) is 4. The summed E-state index contributed by atoms with van der Waals surface area (Å²) in [6, 6.07) is 30.6. The van der Waals surface area contributed by atoms with E-state index in [1.165, 1.54) is 17.0 Å². The van der Waals surface area contributed by atoms with Gasteiger partial charge in [0.1, 0.15) is 12.6 Å². The fraction of sp³-hybridized carbons (Fsp3) is 0.212. The first kappa shape index (κ1) is 30.8. The van der Waals surface area contributed by atoms with Gasteiger partial charge < -0.3 is 10.2 Å². The van der Waals surface area contributed by atoms with Gasteiger partial charge in [0.15, 0.2) is 0 Å². The standard InChI is InChI=1S/C33H34ClN3O4S/c1-3-35-33(39)31(22-26-13-6-4-7-14-26)36(23-27-18-20-28(34)21-19-27)32(38)24-37(30-17-11-10-12-25(30)2)42(40,41)29-15-8-5-9-16-29/h4-21,31H,3,22-24H2,1-2H3,(H,35,39)/t31-/m1/s1. The van der Waals surface area contributed by atoms with Crippen molar-refractivity contribution in [2.75, 3.05) is 17.4 Å². The number of sulfonamides is 1. The molecule has 0 fully saturated rings. The van der Waals surface area contributed by atoms with Gasteiger partial charge in [0.05, 0.1) is 10.6 Å². The number of halogens is 1. The average molecular weight is 604 g/mol. The zero-order valence-electron chi connectivity index (χ0n) is 23.6. The molecule has 4 aromatic carbocycles. The van der Waals surface area contributed by atoms with Crippen molar-refractivity contribution < 1.29 is 18.0 Å². The number of aryl methyl sites for hydroxylation is 1. The molecule has 1 N–H and O–H groups in total. The molecule has 218 valence electrons. The highest BCUT2D eigenvalue weighted by atomic mass is 35.5. The summed E-state index contributed by atoms with van der Waals surface area (Å²) in [6.07, 6.45) is 0.252. The molecule has 0 aliphatic heterocycles. The molecule has 0 aromatic heterocycles. The van der Waals surface area contributed by atoms with E-state index in [-0.39, 0.29) is 23.8 Å². The van der Waals surface area contributed by atoms with Gasteiger partial charge in [-0.1, -0.05) is 90.5 Å². The molecule has 1 atom stereocenters. The quantitative estimate of drug-likeness (QED) is 0.228. The monoisotopic (exact) mass is 603 g/mol. The highest BCUT2D eigenvalue weighted by Gasteiger charge is 2.34. The third-order valence-electron chi connectivity index (χ3n) is 6.88. The van der Waals surface area contributed by atoms with Crippen LogP contribution >= 0.6 is 11.6 Å². The summed E-state index contributed by atoms with van der Waals surface area (Å²) < 4.78 is 29.1. The minimum Gasteiger partial charge on any atom is -0.355 e. The van der Waals surface area contributed by atoms with Crippen LogP contribution in [0.2, 0.25) is 5.02 Å². The highest BCUT2D eigenvalue weighted by Crippen LogP contribution is 2.27. The van der Waals surface area contributed by atoms with Gasteiger partial charge in [-0.25, -0.2) is 8.42 Å². The van der Waals surface area contributed by atoms with Gasteiger partial charge in [-0.05, 0) is 60.9 Å². The summed E-state index contributed by atoms with van der Waals surface area (Å²) in [5, 5.41) is 3.40. The van der Waals surface area contributed by atoms with Crippen LogP contribution in [0.4, 0.5) is 5.69 Å². The molecule has 0 unspecified atom stereocenters. The molecule has 0 saturated heterocycles. The lowest BCUT2D eigenvalue weighted by Gasteiger charge is -2.34. The molecule has 0 spiro atoms. The van der Waals surface area contributed by atoms with Crippen molar-refractivity contribution in [3.8, 4) is 0 Å². The molecule has 0 heterocycles. The van der Waals surface area contributed by atoms with Crippen LogP contribution in [0.5, 0.6) is 0 Å². The second-order valence-electron chi connectivity index (χ2n) is 9.86. The van der Waals surface area contributed by atoms with E-state index >= 15 is 0 Å². The lowest BCUT2D eigenvalue weighted by Crippen LogP contribution is -2.53. The Morgan fingerprint density at radius 3 is 2.02 bits per heavy atom. The van der Waals surface area contributed by atoms with E-state index in [1.54, 1.807) is 67.6 Å². The summed E-state index contributed by atoms with van der Waals surface area (Å²) in [6.45, 7) is 3.57. The molecule has 0 radical (unpaired) electrons. The van der Waals surface area contributed by atoms with E-state index in [2.05, 4.69) is 5.32 Å². The zero-order valence-corrected chi connectivity index (χ0v) is 25.2. The second kappa shape index (κ2) is 14.2. The lowest BCUT2D eigenvalue weighted by molar-refractivity contribution is -0.140. The Labute approximate surface area is 252 Å². The maximum Gasteiger partial charge on any atom is 0.264 e. The smallest absolute Gasteiger partial charge is 0.264 e. The third-order valence-corrected chi connectivity index (χ3v) is 8.91. The van der Waals surface area contributed by atoms with Crippen molar-refractivity contribution in [2.45, 2.75) is 37.8 Å². The normalized spacial score (nSPS) is 11.9. The van der Waals surface area contributed by atoms with Crippen LogP contribution < -0.4 is 9.62 Å². The molecule has 2 amide bonds. The first-order valence-corrected chi connectivity index (χ1v) is 15.5. The number of hydrogen-bond donors (Lipinski definition) is 1. The number of likely N-dealkylation sites (N-methyl/N-ethyl adjacent to an activating group) is 1. The predicted molar refractivity (Wildman–Crippen MR) is 167 cm³/mol. The van der Waals surface area contributed by atoms with E-state index in [1.807, 2.05) is 43.3 Å². The number of amides is 2. The maximum absolute atomic E-state index is 14.3. The third kappa shape index (κ3) is 7.57. The van der Waals surface area contributed by atoms with Crippen LogP contribution in [-0.2, 0) is 32.6 Å². The predicted octanol–water partition coefficient (Wildman–Crippen LogP) is 5.62. The van der Waals surface area contributed by atoms with Crippen LogP contribution in [-0.4, -0.2) is 44.3 Å². The van der Waals surface area contributed by atoms with E-state index in [0.29, 0.717) is 22.8 Å². The Morgan fingerprint density at radius 1 is 0.810 bits per heavy atom. The highest BCUT2D eigenvalue weighted by molar-refractivity contribution is 7.92. The molecule has 7 nitrogen and oxygen atoms in total. The van der Waals surface area contributed by atoms with Gasteiger partial charge in [0.25, 0.3) is 10.0 Å². The largest absolute Gasteiger partial charge is 0.355 e. The SMILES string of the molecule is CCNC(=O)[C@@H](Cc1ccccc1)N(Cc1ccc(Cl)cc1)C(=O)CN(c1ccccc1C)S(=O)(=O)c1ccccc1. The summed E-state index contributed by atoms with van der Waals surface area (Å²) in [4.78, 5) is 29.4. The molecule has 0 aliphatic rings. The van der Waals surface area contributed by atoms with Crippen molar-refractivity contribution in [3.63, 3.8) is 0 Å². The summed E-state index contributed by atoms with van der Waals surface area (Å²) in [5.74, 6) is -0.836. The summed E-state index contributed by atoms with van der Waals surface area (Å²) in [7, 11) is -4.13. The minimum absolute atomic E-state index is 0.0647. The molecule has 0 saturated carbocycles. The van der Waals surface area contributed by atoms with Crippen molar-refractivity contribution >= 4 is 39.1 Å². The van der Waals surface area contributed by atoms with Crippen LogP contribution in [0, 0.1) is 6.92 Å². The molecular formula is C33H34ClN3O4S. The van der Waals surface area contributed by atoms with Crippen LogP contribution in [0.1, 0.15) is 23.6 Å². The summed E-state index contributed by atoms with van der Waals surface area (Å²) in [5.41, 5.74) is 2.70. The van der Waals surface area contributed by atoms with Gasteiger partial charge >= 0.3 is 0 Å².